The number of carbonyl (C=O) groups is 1. The zero-order valence-electron chi connectivity index (χ0n) is 10.8. The third-order valence-electron chi connectivity index (χ3n) is 2.84. The zero-order chi connectivity index (χ0) is 13.7. The summed E-state index contributed by atoms with van der Waals surface area (Å²) in [4.78, 5) is 14.1. The first-order valence-electron chi connectivity index (χ1n) is 6.09. The maximum atomic E-state index is 12.4. The van der Waals surface area contributed by atoms with E-state index in [0.717, 1.165) is 16.3 Å². The summed E-state index contributed by atoms with van der Waals surface area (Å²) in [5, 5.41) is 1.67. The van der Waals surface area contributed by atoms with Crippen LogP contribution in [0, 0.1) is 0 Å². The molecule has 0 aliphatic heterocycles. The van der Waals surface area contributed by atoms with E-state index in [4.69, 9.17) is 9.15 Å². The molecule has 1 aromatic carbocycles. The first-order valence-corrected chi connectivity index (χ1v) is 7.21. The Labute approximate surface area is 120 Å². The summed E-state index contributed by atoms with van der Waals surface area (Å²) in [6, 6.07) is 9.38. The molecule has 0 saturated carbocycles. The van der Waals surface area contributed by atoms with E-state index < -0.39 is 0 Å². The Morgan fingerprint density at radius 2 is 2.16 bits per heavy atom. The number of amides is 1. The summed E-state index contributed by atoms with van der Waals surface area (Å²) >= 11 is 3.35. The predicted molar refractivity (Wildman–Crippen MR) is 77.8 cm³/mol. The van der Waals surface area contributed by atoms with E-state index in [9.17, 15) is 4.79 Å². The van der Waals surface area contributed by atoms with Gasteiger partial charge in [-0.1, -0.05) is 34.1 Å². The van der Waals surface area contributed by atoms with Gasteiger partial charge in [0, 0.05) is 30.9 Å². The van der Waals surface area contributed by atoms with Crippen LogP contribution in [-0.4, -0.2) is 42.9 Å². The highest BCUT2D eigenvalue weighted by atomic mass is 79.9. The highest BCUT2D eigenvalue weighted by molar-refractivity contribution is 9.09. The second-order valence-electron chi connectivity index (χ2n) is 4.12. The van der Waals surface area contributed by atoms with Crippen molar-refractivity contribution >= 4 is 32.8 Å². The Kier molecular flexibility index (Phi) is 4.99. The van der Waals surface area contributed by atoms with Crippen LogP contribution in [0.2, 0.25) is 0 Å². The fourth-order valence-electron chi connectivity index (χ4n) is 1.86. The molecule has 1 aromatic heterocycles. The van der Waals surface area contributed by atoms with Crippen LogP contribution in [0.5, 0.6) is 0 Å². The number of hydrogen-bond donors (Lipinski definition) is 0. The van der Waals surface area contributed by atoms with E-state index in [1.807, 2.05) is 24.3 Å². The Morgan fingerprint density at radius 3 is 2.84 bits per heavy atom. The molecule has 0 spiro atoms. The molecule has 19 heavy (non-hydrogen) atoms. The van der Waals surface area contributed by atoms with Gasteiger partial charge in [0.15, 0.2) is 5.76 Å². The van der Waals surface area contributed by atoms with Crippen molar-refractivity contribution in [2.45, 2.75) is 0 Å². The lowest BCUT2D eigenvalue weighted by Crippen LogP contribution is -2.35. The summed E-state index contributed by atoms with van der Waals surface area (Å²) in [6.07, 6.45) is 0. The van der Waals surface area contributed by atoms with Crippen LogP contribution < -0.4 is 0 Å². The van der Waals surface area contributed by atoms with Gasteiger partial charge in [-0.3, -0.25) is 4.79 Å². The SMILES string of the molecule is COCCN(CCBr)C(=O)c1cc2ccccc2o1. The van der Waals surface area contributed by atoms with Crippen LogP contribution in [0.3, 0.4) is 0 Å². The van der Waals surface area contributed by atoms with Crippen LogP contribution in [0.4, 0.5) is 0 Å². The van der Waals surface area contributed by atoms with Gasteiger partial charge in [0.2, 0.25) is 0 Å². The molecule has 0 unspecified atom stereocenters. The third-order valence-corrected chi connectivity index (χ3v) is 3.20. The first kappa shape index (κ1) is 14.1. The zero-order valence-corrected chi connectivity index (χ0v) is 12.4. The topological polar surface area (TPSA) is 42.7 Å². The maximum Gasteiger partial charge on any atom is 0.289 e. The molecule has 0 bridgehead atoms. The number of halogens is 1. The van der Waals surface area contributed by atoms with E-state index in [1.165, 1.54) is 0 Å². The highest BCUT2D eigenvalue weighted by Crippen LogP contribution is 2.20. The molecule has 1 amide bonds. The first-order chi connectivity index (χ1) is 9.26. The molecule has 102 valence electrons. The van der Waals surface area contributed by atoms with E-state index >= 15 is 0 Å². The van der Waals surface area contributed by atoms with Crippen molar-refractivity contribution in [1.29, 1.82) is 0 Å². The lowest BCUT2D eigenvalue weighted by molar-refractivity contribution is 0.0680. The number of hydrogen-bond acceptors (Lipinski definition) is 3. The van der Waals surface area contributed by atoms with E-state index in [1.54, 1.807) is 18.1 Å². The molecule has 0 radical (unpaired) electrons. The van der Waals surface area contributed by atoms with Crippen LogP contribution in [0.25, 0.3) is 11.0 Å². The number of para-hydroxylation sites is 1. The summed E-state index contributed by atoms with van der Waals surface area (Å²) < 4.78 is 10.6. The van der Waals surface area contributed by atoms with E-state index in [0.29, 0.717) is 25.5 Å². The van der Waals surface area contributed by atoms with Gasteiger partial charge in [-0.05, 0) is 12.1 Å². The molecule has 0 aliphatic rings. The van der Waals surface area contributed by atoms with Gasteiger partial charge >= 0.3 is 0 Å². The molecule has 1 heterocycles. The Balaban J connectivity index is 2.19. The number of rotatable bonds is 6. The minimum absolute atomic E-state index is 0.104. The van der Waals surface area contributed by atoms with Crippen molar-refractivity contribution in [2.24, 2.45) is 0 Å². The standard InChI is InChI=1S/C14H16BrNO3/c1-18-9-8-16(7-6-15)14(17)13-10-11-4-2-3-5-12(11)19-13/h2-5,10H,6-9H2,1H3. The highest BCUT2D eigenvalue weighted by Gasteiger charge is 2.19. The third kappa shape index (κ3) is 3.36. The van der Waals surface area contributed by atoms with Gasteiger partial charge in [-0.15, -0.1) is 0 Å². The molecule has 2 aromatic rings. The lowest BCUT2D eigenvalue weighted by Gasteiger charge is -2.19. The largest absolute Gasteiger partial charge is 0.451 e. The van der Waals surface area contributed by atoms with Crippen LogP contribution >= 0.6 is 15.9 Å². The Bertz CT molecular complexity index is 519. The van der Waals surface area contributed by atoms with Crippen molar-refractivity contribution in [3.63, 3.8) is 0 Å². The molecule has 0 N–H and O–H groups in total. The van der Waals surface area contributed by atoms with Gasteiger partial charge in [-0.25, -0.2) is 0 Å². The molecular weight excluding hydrogens is 310 g/mol. The normalized spacial score (nSPS) is 10.8. The number of fused-ring (bicyclic) bond motifs is 1. The number of ether oxygens (including phenoxy) is 1. The van der Waals surface area contributed by atoms with Crippen molar-refractivity contribution in [3.05, 3.63) is 36.1 Å². The molecule has 0 atom stereocenters. The number of alkyl halides is 1. The van der Waals surface area contributed by atoms with Gasteiger partial charge in [0.25, 0.3) is 5.91 Å². The molecule has 0 fully saturated rings. The van der Waals surface area contributed by atoms with E-state index in [2.05, 4.69) is 15.9 Å². The van der Waals surface area contributed by atoms with Crippen LogP contribution in [0.1, 0.15) is 10.6 Å². The number of nitrogens with zero attached hydrogens (tertiary/aromatic N) is 1. The maximum absolute atomic E-state index is 12.4. The van der Waals surface area contributed by atoms with Gasteiger partial charge in [0.05, 0.1) is 6.61 Å². The van der Waals surface area contributed by atoms with E-state index in [-0.39, 0.29) is 5.91 Å². The van der Waals surface area contributed by atoms with Gasteiger partial charge in [0.1, 0.15) is 5.58 Å². The summed E-state index contributed by atoms with van der Waals surface area (Å²) in [7, 11) is 1.62. The predicted octanol–water partition coefficient (Wildman–Crippen LogP) is 2.92. The molecule has 5 heteroatoms. The molecule has 0 aliphatic carbocycles. The minimum Gasteiger partial charge on any atom is -0.451 e. The summed E-state index contributed by atoms with van der Waals surface area (Å²) in [6.45, 7) is 1.69. The second kappa shape index (κ2) is 6.73. The fourth-order valence-corrected chi connectivity index (χ4v) is 2.29. The minimum atomic E-state index is -0.104. The fraction of sp³-hybridized carbons (Fsp3) is 0.357. The van der Waals surface area contributed by atoms with Gasteiger partial charge < -0.3 is 14.1 Å². The molecule has 2 rings (SSSR count). The van der Waals surface area contributed by atoms with Crippen LogP contribution in [0.15, 0.2) is 34.7 Å². The number of furan rings is 1. The second-order valence-corrected chi connectivity index (χ2v) is 4.92. The Hall–Kier alpha value is -1.33. The number of methoxy groups -OCH3 is 1. The smallest absolute Gasteiger partial charge is 0.289 e. The quantitative estimate of drug-likeness (QED) is 0.767. The Morgan fingerprint density at radius 1 is 1.37 bits per heavy atom. The summed E-state index contributed by atoms with van der Waals surface area (Å²) in [5.41, 5.74) is 0.733. The van der Waals surface area contributed by atoms with Gasteiger partial charge in [-0.2, -0.15) is 0 Å². The lowest BCUT2D eigenvalue weighted by atomic mass is 10.2. The molecule has 4 nitrogen and oxygen atoms in total. The van der Waals surface area contributed by atoms with Crippen LogP contribution in [-0.2, 0) is 4.74 Å². The number of carbonyl (C=O) groups excluding carboxylic acids is 1. The van der Waals surface area contributed by atoms with Crippen molar-refractivity contribution < 1.29 is 13.9 Å². The monoisotopic (exact) mass is 325 g/mol. The average Bonchev–Trinajstić information content (AvgIpc) is 2.86. The van der Waals surface area contributed by atoms with Crippen molar-refractivity contribution in [3.8, 4) is 0 Å². The molecule has 0 saturated heterocycles. The van der Waals surface area contributed by atoms with Crippen molar-refractivity contribution in [1.82, 2.24) is 4.90 Å². The molecular formula is C14H16BrNO3. The summed E-state index contributed by atoms with van der Waals surface area (Å²) in [5.74, 6) is 0.269. The number of benzene rings is 1. The average molecular weight is 326 g/mol. The van der Waals surface area contributed by atoms with Crippen molar-refractivity contribution in [2.75, 3.05) is 32.1 Å².